The van der Waals surface area contributed by atoms with Crippen LogP contribution >= 0.6 is 11.3 Å². The van der Waals surface area contributed by atoms with Crippen LogP contribution in [0.5, 0.6) is 0 Å². The highest BCUT2D eigenvalue weighted by Gasteiger charge is 2.44. The fourth-order valence-corrected chi connectivity index (χ4v) is 9.09. The number of rotatable bonds is 16. The molecule has 0 aliphatic carbocycles. The van der Waals surface area contributed by atoms with Gasteiger partial charge in [0, 0.05) is 51.2 Å². The average Bonchev–Trinajstić information content (AvgIpc) is 3.97. The third kappa shape index (κ3) is 11.4. The van der Waals surface area contributed by atoms with E-state index in [1.54, 1.807) is 35.3 Å². The molecule has 2 aromatic carbocycles. The van der Waals surface area contributed by atoms with Crippen LogP contribution in [0.3, 0.4) is 0 Å². The SMILES string of the molecule is CCS(=O)(=O)Nc1ccc(-c2nn(C)c3c(C#CCCCCCCC(=O)N[C@H](C(=O)N4C[C@H](O)C[C@H]4C(=O)NCc4ccc(-c5scnc5C)cc4)C(C)(C)C)cnc(N)c23)cc1F. The molecule has 6 N–H and O–H groups in total. The summed E-state index contributed by atoms with van der Waals surface area (Å²) >= 11 is 1.57. The topological polar surface area (TPSA) is 215 Å². The van der Waals surface area contributed by atoms with E-state index in [-0.39, 0.29) is 55.0 Å². The molecule has 3 aromatic heterocycles. The van der Waals surface area contributed by atoms with Crippen molar-refractivity contribution in [2.75, 3.05) is 22.8 Å². The highest BCUT2D eigenvalue weighted by molar-refractivity contribution is 7.92. The Morgan fingerprint density at radius 2 is 1.78 bits per heavy atom. The van der Waals surface area contributed by atoms with Gasteiger partial charge in [-0.05, 0) is 55.4 Å². The first-order valence-corrected chi connectivity index (χ1v) is 23.9. The lowest BCUT2D eigenvalue weighted by atomic mass is 9.85. The van der Waals surface area contributed by atoms with E-state index in [9.17, 15) is 32.3 Å². The zero-order valence-electron chi connectivity index (χ0n) is 37.0. The van der Waals surface area contributed by atoms with Gasteiger partial charge in [0.25, 0.3) is 0 Å². The number of aliphatic hydroxyl groups excluding tert-OH is 1. The van der Waals surface area contributed by atoms with Gasteiger partial charge in [0.1, 0.15) is 29.4 Å². The van der Waals surface area contributed by atoms with E-state index >= 15 is 0 Å². The number of fused-ring (bicyclic) bond motifs is 1. The lowest BCUT2D eigenvalue weighted by Crippen LogP contribution is -2.57. The number of nitrogens with two attached hydrogens (primary N) is 1. The summed E-state index contributed by atoms with van der Waals surface area (Å²) in [7, 11) is -1.94. The zero-order valence-corrected chi connectivity index (χ0v) is 38.6. The molecule has 18 heteroatoms. The number of β-amino-alcohol motifs (C(OH)–C–C–N with tert-alkyl or cyclic N) is 1. The molecule has 6 rings (SSSR count). The molecule has 340 valence electrons. The maximum Gasteiger partial charge on any atom is 0.246 e. The largest absolute Gasteiger partial charge is 0.391 e. The van der Waals surface area contributed by atoms with Gasteiger partial charge in [-0.25, -0.2) is 22.8 Å². The van der Waals surface area contributed by atoms with Gasteiger partial charge < -0.3 is 26.4 Å². The maximum atomic E-state index is 15.0. The normalized spacial score (nSPS) is 15.7. The molecule has 5 aromatic rings. The average molecular weight is 914 g/mol. The molecule has 1 fully saturated rings. The third-order valence-electron chi connectivity index (χ3n) is 11.2. The number of aliphatic hydroxyl groups is 1. The third-order valence-corrected chi connectivity index (χ3v) is 13.4. The number of pyridine rings is 1. The van der Waals surface area contributed by atoms with Gasteiger partial charge in [0.15, 0.2) is 0 Å². The number of likely N-dealkylation sites (tertiary alicyclic amines) is 1. The number of amides is 3. The number of thiazole rings is 1. The predicted molar refractivity (Wildman–Crippen MR) is 248 cm³/mol. The second-order valence-corrected chi connectivity index (χ2v) is 20.0. The van der Waals surface area contributed by atoms with Crippen molar-refractivity contribution in [1.29, 1.82) is 0 Å². The molecule has 0 unspecified atom stereocenters. The van der Waals surface area contributed by atoms with E-state index in [1.807, 2.05) is 57.5 Å². The summed E-state index contributed by atoms with van der Waals surface area (Å²) < 4.78 is 42.8. The van der Waals surface area contributed by atoms with Gasteiger partial charge in [-0.1, -0.05) is 75.8 Å². The molecule has 15 nitrogen and oxygen atoms in total. The number of aryl methyl sites for hydroxylation is 2. The van der Waals surface area contributed by atoms with Crippen LogP contribution in [-0.4, -0.2) is 86.4 Å². The number of hydrogen-bond acceptors (Lipinski definition) is 11. The number of carbonyl (C=O) groups excluding carboxylic acids is 3. The van der Waals surface area contributed by atoms with E-state index in [0.29, 0.717) is 40.6 Å². The minimum atomic E-state index is -3.67. The van der Waals surface area contributed by atoms with E-state index < -0.39 is 45.4 Å². The maximum absolute atomic E-state index is 15.0. The summed E-state index contributed by atoms with van der Waals surface area (Å²) in [4.78, 5) is 51.8. The van der Waals surface area contributed by atoms with Crippen molar-refractivity contribution in [3.8, 4) is 33.5 Å². The Kier molecular flexibility index (Phi) is 15.1. The summed E-state index contributed by atoms with van der Waals surface area (Å²) in [5.41, 5.74) is 12.2. The van der Waals surface area contributed by atoms with Crippen molar-refractivity contribution in [3.63, 3.8) is 0 Å². The fraction of sp³-hybridized carbons (Fsp3) is 0.435. The van der Waals surface area contributed by atoms with Crippen LogP contribution in [0, 0.1) is 30.0 Å². The molecule has 0 bridgehead atoms. The lowest BCUT2D eigenvalue weighted by molar-refractivity contribution is -0.144. The summed E-state index contributed by atoms with van der Waals surface area (Å²) in [5, 5.41) is 21.5. The summed E-state index contributed by atoms with van der Waals surface area (Å²) in [6.45, 7) is 9.26. The van der Waals surface area contributed by atoms with Gasteiger partial charge in [0.2, 0.25) is 27.7 Å². The number of aromatic nitrogens is 4. The molecule has 1 saturated heterocycles. The molecular weight excluding hydrogens is 858 g/mol. The standard InChI is InChI=1S/C46H56FN9O6S2/c1-7-64(61,62)54-35-21-20-31(22-34(35)47)39-38-40(55(6)53-39)32(25-49-43(38)48)14-12-10-8-9-11-13-15-37(58)52-42(46(3,4)5)45(60)56-26-33(57)23-36(56)44(59)50-24-29-16-18-30(19-17-29)41-28(2)51-27-63-41/h16-22,25,27,33,36,42,54,57H,7-11,13,15,23-24,26H2,1-6H3,(H2,48,49)(H,50,59)(H,52,58)/t33-,36+,42-/m1/s1. The number of hydrogen-bond donors (Lipinski definition) is 5. The van der Waals surface area contributed by atoms with Crippen molar-refractivity contribution in [3.05, 3.63) is 76.8 Å². The number of nitrogen functional groups attached to an aromatic ring is 1. The van der Waals surface area contributed by atoms with Crippen LogP contribution < -0.4 is 21.1 Å². The zero-order chi connectivity index (χ0) is 46.3. The number of sulfonamides is 1. The Bertz CT molecular complexity index is 2680. The van der Waals surface area contributed by atoms with Crippen molar-refractivity contribution < 1.29 is 32.3 Å². The first-order valence-electron chi connectivity index (χ1n) is 21.3. The highest BCUT2D eigenvalue weighted by Crippen LogP contribution is 2.34. The van der Waals surface area contributed by atoms with Gasteiger partial charge in [-0.2, -0.15) is 5.10 Å². The molecule has 4 heterocycles. The molecule has 0 spiro atoms. The Balaban J connectivity index is 0.980. The number of carbonyl (C=O) groups is 3. The predicted octanol–water partition coefficient (Wildman–Crippen LogP) is 6.05. The molecule has 3 amide bonds. The van der Waals surface area contributed by atoms with Crippen LogP contribution in [-0.2, 0) is 38.0 Å². The number of halogens is 1. The Morgan fingerprint density at radius 3 is 2.45 bits per heavy atom. The second-order valence-electron chi connectivity index (χ2n) is 17.1. The number of benzene rings is 2. The van der Waals surface area contributed by atoms with Crippen molar-refractivity contribution in [2.24, 2.45) is 12.5 Å². The van der Waals surface area contributed by atoms with Gasteiger partial charge in [0.05, 0.1) is 50.1 Å². The van der Waals surface area contributed by atoms with Gasteiger partial charge in [-0.15, -0.1) is 11.3 Å². The first kappa shape index (κ1) is 47.6. The summed E-state index contributed by atoms with van der Waals surface area (Å²) in [6, 6.07) is 10.2. The van der Waals surface area contributed by atoms with E-state index in [1.165, 1.54) is 24.0 Å². The first-order chi connectivity index (χ1) is 30.4. The van der Waals surface area contributed by atoms with Crippen LogP contribution in [0.25, 0.3) is 32.6 Å². The monoisotopic (exact) mass is 913 g/mol. The van der Waals surface area contributed by atoms with Crippen molar-refractivity contribution in [1.82, 2.24) is 35.3 Å². The van der Waals surface area contributed by atoms with Gasteiger partial charge in [-0.3, -0.25) is 23.8 Å². The van der Waals surface area contributed by atoms with Crippen molar-refractivity contribution >= 4 is 61.5 Å². The molecule has 0 saturated carbocycles. The number of nitrogens with one attached hydrogen (secondary N) is 3. The number of nitrogens with zero attached hydrogens (tertiary/aromatic N) is 5. The van der Waals surface area contributed by atoms with Crippen molar-refractivity contribution in [2.45, 2.75) is 104 Å². The fourth-order valence-electron chi connectivity index (χ4n) is 7.64. The number of unbranched alkanes of at least 4 members (excludes halogenated alkanes) is 4. The molecule has 64 heavy (non-hydrogen) atoms. The molecular formula is C46H56FN9O6S2. The second kappa shape index (κ2) is 20.3. The van der Waals surface area contributed by atoms with E-state index in [2.05, 4.69) is 42.3 Å². The molecule has 1 aliphatic heterocycles. The van der Waals surface area contributed by atoms with Crippen LogP contribution in [0.15, 0.2) is 54.2 Å². The smallest absolute Gasteiger partial charge is 0.246 e. The Labute approximate surface area is 377 Å². The highest BCUT2D eigenvalue weighted by atomic mass is 32.2. The van der Waals surface area contributed by atoms with Crippen LogP contribution in [0.1, 0.15) is 89.5 Å². The van der Waals surface area contributed by atoms with E-state index in [0.717, 1.165) is 41.0 Å². The minimum Gasteiger partial charge on any atom is -0.391 e. The quantitative estimate of drug-likeness (QED) is 0.0571. The molecule has 1 aliphatic rings. The summed E-state index contributed by atoms with van der Waals surface area (Å²) in [5.74, 6) is 4.57. The Morgan fingerprint density at radius 1 is 1.06 bits per heavy atom. The van der Waals surface area contributed by atoms with Crippen LogP contribution in [0.4, 0.5) is 15.9 Å². The Hall–Kier alpha value is -5.90. The lowest BCUT2D eigenvalue weighted by Gasteiger charge is -2.35. The molecule has 0 radical (unpaired) electrons. The van der Waals surface area contributed by atoms with E-state index in [4.69, 9.17) is 5.73 Å². The van der Waals surface area contributed by atoms with Crippen LogP contribution in [0.2, 0.25) is 0 Å². The minimum absolute atomic E-state index is 0.00176. The number of anilines is 2. The van der Waals surface area contributed by atoms with Gasteiger partial charge >= 0.3 is 0 Å². The molecule has 3 atom stereocenters. The summed E-state index contributed by atoms with van der Waals surface area (Å²) in [6.07, 6.45) is 4.60.